The minimum absolute atomic E-state index is 0.155. The molecule has 2 aromatic carbocycles. The van der Waals surface area contributed by atoms with E-state index < -0.39 is 12.2 Å². The van der Waals surface area contributed by atoms with Crippen molar-refractivity contribution in [3.8, 4) is 17.0 Å². The number of hydrogen-bond acceptors (Lipinski definition) is 4. The van der Waals surface area contributed by atoms with Crippen molar-refractivity contribution in [1.29, 1.82) is 0 Å². The summed E-state index contributed by atoms with van der Waals surface area (Å²) >= 11 is 1.59. The van der Waals surface area contributed by atoms with Crippen LogP contribution in [0, 0.1) is 0 Å². The zero-order valence-corrected chi connectivity index (χ0v) is 20.1. The van der Waals surface area contributed by atoms with E-state index in [4.69, 9.17) is 4.74 Å². The lowest BCUT2D eigenvalue weighted by molar-refractivity contribution is 0.141. The maximum atomic E-state index is 11.9. The third-order valence-corrected chi connectivity index (χ3v) is 7.20. The van der Waals surface area contributed by atoms with E-state index in [0.29, 0.717) is 13.1 Å². The third-order valence-electron chi connectivity index (χ3n) is 6.01. The molecular weight excluding hydrogens is 454 g/mol. The van der Waals surface area contributed by atoms with Crippen LogP contribution in [0.15, 0.2) is 48.5 Å². The molecular formula is C25H27N3O5S. The van der Waals surface area contributed by atoms with Gasteiger partial charge < -0.3 is 24.7 Å². The molecule has 0 saturated carbocycles. The Kier molecular flexibility index (Phi) is 6.65. The first-order valence-electron chi connectivity index (χ1n) is 11.0. The van der Waals surface area contributed by atoms with E-state index in [0.717, 1.165) is 43.2 Å². The van der Waals surface area contributed by atoms with Crippen molar-refractivity contribution in [3.63, 3.8) is 0 Å². The van der Waals surface area contributed by atoms with Crippen LogP contribution in [0.4, 0.5) is 9.59 Å². The van der Waals surface area contributed by atoms with Crippen molar-refractivity contribution in [3.05, 3.63) is 59.7 Å². The van der Waals surface area contributed by atoms with E-state index in [1.165, 1.54) is 9.80 Å². The van der Waals surface area contributed by atoms with Crippen LogP contribution in [-0.4, -0.2) is 56.8 Å². The average molecular weight is 482 g/mol. The number of carbonyl (C=O) groups is 2. The van der Waals surface area contributed by atoms with Gasteiger partial charge in [-0.25, -0.2) is 9.59 Å². The fourth-order valence-corrected chi connectivity index (χ4v) is 5.42. The molecule has 2 N–H and O–H groups in total. The van der Waals surface area contributed by atoms with Gasteiger partial charge in [-0.15, -0.1) is 11.3 Å². The monoisotopic (exact) mass is 481 g/mol. The van der Waals surface area contributed by atoms with Crippen LogP contribution >= 0.6 is 11.3 Å². The lowest BCUT2D eigenvalue weighted by Gasteiger charge is -2.21. The van der Waals surface area contributed by atoms with Gasteiger partial charge in [0, 0.05) is 24.2 Å². The smallest absolute Gasteiger partial charge is 0.407 e. The van der Waals surface area contributed by atoms with Gasteiger partial charge in [-0.1, -0.05) is 12.1 Å². The van der Waals surface area contributed by atoms with Crippen LogP contribution in [0.25, 0.3) is 26.3 Å². The fraction of sp³-hybridized carbons (Fsp3) is 0.280. The molecule has 0 radical (unpaired) electrons. The Balaban J connectivity index is 2.06. The highest BCUT2D eigenvalue weighted by Crippen LogP contribution is 2.41. The Morgan fingerprint density at radius 1 is 0.912 bits per heavy atom. The molecule has 2 aromatic heterocycles. The Bertz CT molecular complexity index is 1340. The maximum Gasteiger partial charge on any atom is 0.407 e. The summed E-state index contributed by atoms with van der Waals surface area (Å²) in [5.41, 5.74) is 4.41. The quantitative estimate of drug-likeness (QED) is 0.330. The zero-order valence-electron chi connectivity index (χ0n) is 19.3. The molecule has 8 nitrogen and oxygen atoms in total. The van der Waals surface area contributed by atoms with Crippen LogP contribution < -0.4 is 4.74 Å². The molecule has 0 aliphatic heterocycles. The predicted molar refractivity (Wildman–Crippen MR) is 133 cm³/mol. The number of methoxy groups -OCH3 is 1. The van der Waals surface area contributed by atoms with Gasteiger partial charge in [0.15, 0.2) is 0 Å². The molecule has 0 spiro atoms. The number of carboxylic acid groups (broad SMARTS) is 2. The number of nitrogens with zero attached hydrogens (tertiary/aromatic N) is 3. The summed E-state index contributed by atoms with van der Waals surface area (Å²) < 4.78 is 8.54. The Morgan fingerprint density at radius 3 is 2.06 bits per heavy atom. The number of ether oxygens (including phenoxy) is 1. The molecule has 9 heteroatoms. The Labute approximate surface area is 201 Å². The van der Waals surface area contributed by atoms with Crippen LogP contribution in [0.5, 0.6) is 5.75 Å². The van der Waals surface area contributed by atoms with Gasteiger partial charge in [0.05, 0.1) is 36.1 Å². The minimum atomic E-state index is -1.01. The van der Waals surface area contributed by atoms with Crippen LogP contribution in [0.2, 0.25) is 0 Å². The summed E-state index contributed by atoms with van der Waals surface area (Å²) in [5.74, 6) is 0.720. The fourth-order valence-electron chi connectivity index (χ4n) is 4.21. The highest BCUT2D eigenvalue weighted by Gasteiger charge is 2.27. The number of thiazole rings is 1. The number of rotatable bonds is 8. The lowest BCUT2D eigenvalue weighted by Crippen LogP contribution is -2.31. The maximum absolute atomic E-state index is 11.9. The van der Waals surface area contributed by atoms with Gasteiger partial charge in [0.1, 0.15) is 10.6 Å². The second kappa shape index (κ2) is 9.64. The molecule has 34 heavy (non-hydrogen) atoms. The van der Waals surface area contributed by atoms with Gasteiger partial charge in [0.2, 0.25) is 0 Å². The largest absolute Gasteiger partial charge is 0.497 e. The topological polar surface area (TPSA) is 94.7 Å². The van der Waals surface area contributed by atoms with E-state index in [-0.39, 0.29) is 13.1 Å². The van der Waals surface area contributed by atoms with E-state index in [1.807, 2.05) is 48.5 Å². The van der Waals surface area contributed by atoms with Gasteiger partial charge in [-0.05, 0) is 55.8 Å². The second-order valence-electron chi connectivity index (χ2n) is 7.84. The summed E-state index contributed by atoms with van der Waals surface area (Å²) in [6.45, 7) is 4.56. The summed E-state index contributed by atoms with van der Waals surface area (Å²) in [7, 11) is 1.61. The van der Waals surface area contributed by atoms with Crippen molar-refractivity contribution >= 4 is 38.6 Å². The molecule has 4 rings (SSSR count). The first-order chi connectivity index (χ1) is 16.4. The highest BCUT2D eigenvalue weighted by atomic mass is 32.1. The summed E-state index contributed by atoms with van der Waals surface area (Å²) in [5, 5.41) is 19.5. The zero-order chi connectivity index (χ0) is 24.4. The molecule has 2 heterocycles. The normalized spacial score (nSPS) is 11.1. The Morgan fingerprint density at radius 2 is 1.50 bits per heavy atom. The number of hydrogen-bond donors (Lipinski definition) is 2. The van der Waals surface area contributed by atoms with Crippen molar-refractivity contribution < 1.29 is 24.5 Å². The van der Waals surface area contributed by atoms with Crippen molar-refractivity contribution in [2.45, 2.75) is 26.9 Å². The summed E-state index contributed by atoms with van der Waals surface area (Å²) in [4.78, 5) is 27.4. The molecule has 0 fully saturated rings. The molecule has 0 unspecified atom stereocenters. The third kappa shape index (κ3) is 4.14. The van der Waals surface area contributed by atoms with Crippen molar-refractivity contribution in [2.24, 2.45) is 0 Å². The average Bonchev–Trinajstić information content (AvgIpc) is 3.34. The van der Waals surface area contributed by atoms with Gasteiger partial charge in [0.25, 0.3) is 0 Å². The molecule has 0 atom stereocenters. The Hall–Kier alpha value is -3.72. The highest BCUT2D eigenvalue weighted by molar-refractivity contribution is 7.24. The number of aromatic nitrogens is 1. The van der Waals surface area contributed by atoms with Gasteiger partial charge in [-0.2, -0.15) is 0 Å². The predicted octanol–water partition coefficient (Wildman–Crippen LogP) is 5.83. The standard InChI is InChI=1S/C25H27N3O5S/c1-4-26(24(29)30)14-18-19(15-27(5-2)25(31)32)23-28(20-8-6-7-9-21(20)34-23)22(18)16-10-12-17(33-3)13-11-16/h6-13H,4-5,14-15H2,1-3H3,(H,29,30)(H,31,32). The molecule has 0 aliphatic rings. The first kappa shape index (κ1) is 23.4. The van der Waals surface area contributed by atoms with Crippen LogP contribution in [0.1, 0.15) is 25.0 Å². The summed E-state index contributed by atoms with van der Waals surface area (Å²) in [6, 6.07) is 15.7. The van der Waals surface area contributed by atoms with E-state index >= 15 is 0 Å². The summed E-state index contributed by atoms with van der Waals surface area (Å²) in [6.07, 6.45) is -2.02. The number of benzene rings is 2. The van der Waals surface area contributed by atoms with E-state index in [9.17, 15) is 19.8 Å². The molecule has 4 aromatic rings. The van der Waals surface area contributed by atoms with E-state index in [2.05, 4.69) is 4.40 Å². The van der Waals surface area contributed by atoms with Crippen molar-refractivity contribution in [1.82, 2.24) is 14.2 Å². The van der Waals surface area contributed by atoms with E-state index in [1.54, 1.807) is 32.3 Å². The number of para-hydroxylation sites is 1. The van der Waals surface area contributed by atoms with Gasteiger partial charge >= 0.3 is 12.2 Å². The minimum Gasteiger partial charge on any atom is -0.497 e. The number of amides is 2. The molecule has 0 saturated heterocycles. The van der Waals surface area contributed by atoms with Crippen molar-refractivity contribution in [2.75, 3.05) is 20.2 Å². The van der Waals surface area contributed by atoms with Gasteiger partial charge in [-0.3, -0.25) is 4.40 Å². The molecule has 2 amide bonds. The number of fused-ring (bicyclic) bond motifs is 3. The lowest BCUT2D eigenvalue weighted by atomic mass is 10.0. The van der Waals surface area contributed by atoms with Crippen LogP contribution in [0.3, 0.4) is 0 Å². The molecule has 178 valence electrons. The molecule has 0 bridgehead atoms. The second-order valence-corrected chi connectivity index (χ2v) is 8.87. The molecule has 0 aliphatic carbocycles. The van der Waals surface area contributed by atoms with Crippen LogP contribution in [-0.2, 0) is 13.1 Å². The first-order valence-corrected chi connectivity index (χ1v) is 11.8. The SMILES string of the molecule is CCN(Cc1c(CN(CC)C(=O)O)c2sc3ccccc3n2c1-c1ccc(OC)cc1)C(=O)O.